The van der Waals surface area contributed by atoms with Gasteiger partial charge in [-0.15, -0.1) is 0 Å². The highest BCUT2D eigenvalue weighted by atomic mass is 32.2. The van der Waals surface area contributed by atoms with Crippen LogP contribution >= 0.6 is 11.8 Å². The quantitative estimate of drug-likeness (QED) is 0.550. The zero-order valence-electron chi connectivity index (χ0n) is 5.92. The Bertz CT molecular complexity index is 143. The summed E-state index contributed by atoms with van der Waals surface area (Å²) in [7, 11) is 1.37. The number of carbonyl (C=O) groups is 1. The van der Waals surface area contributed by atoms with Gasteiger partial charge in [0.05, 0.1) is 7.11 Å². The molecule has 0 amide bonds. The number of nitrogens with two attached hydrogens (primary N) is 1. The standard InChI is InChI=1S/C6H11NO2S/c1-9-5(8)6(7)2-3-10-4-6/h2-4,7H2,1H3. The summed E-state index contributed by atoms with van der Waals surface area (Å²) in [5.74, 6) is 1.38. The van der Waals surface area contributed by atoms with Gasteiger partial charge in [0.25, 0.3) is 0 Å². The third kappa shape index (κ3) is 1.27. The molecule has 1 heterocycles. The maximum atomic E-state index is 11.0. The lowest BCUT2D eigenvalue weighted by atomic mass is 10.0. The van der Waals surface area contributed by atoms with E-state index in [0.717, 1.165) is 12.2 Å². The molecule has 4 heteroatoms. The lowest BCUT2D eigenvalue weighted by Gasteiger charge is -2.18. The minimum atomic E-state index is -0.695. The van der Waals surface area contributed by atoms with Gasteiger partial charge in [0.2, 0.25) is 0 Å². The maximum Gasteiger partial charge on any atom is 0.326 e. The van der Waals surface area contributed by atoms with Crippen molar-refractivity contribution in [3.63, 3.8) is 0 Å². The minimum absolute atomic E-state index is 0.280. The van der Waals surface area contributed by atoms with Crippen molar-refractivity contribution in [2.45, 2.75) is 12.0 Å². The number of hydrogen-bond acceptors (Lipinski definition) is 4. The van der Waals surface area contributed by atoms with Gasteiger partial charge in [0, 0.05) is 5.75 Å². The Morgan fingerprint density at radius 1 is 1.80 bits per heavy atom. The Morgan fingerprint density at radius 2 is 2.50 bits per heavy atom. The van der Waals surface area contributed by atoms with Crippen LogP contribution in [0.1, 0.15) is 6.42 Å². The molecular formula is C6H11NO2S. The summed E-state index contributed by atoms with van der Waals surface area (Å²) in [6.07, 6.45) is 0.740. The van der Waals surface area contributed by atoms with Crippen molar-refractivity contribution < 1.29 is 9.53 Å². The molecule has 1 rings (SSSR count). The van der Waals surface area contributed by atoms with Gasteiger partial charge in [-0.25, -0.2) is 0 Å². The molecule has 1 aliphatic heterocycles. The first kappa shape index (κ1) is 7.88. The van der Waals surface area contributed by atoms with E-state index in [1.807, 2.05) is 0 Å². The van der Waals surface area contributed by atoms with Crippen LogP contribution in [0.15, 0.2) is 0 Å². The van der Waals surface area contributed by atoms with Gasteiger partial charge in [0.1, 0.15) is 5.54 Å². The molecule has 0 radical (unpaired) electrons. The van der Waals surface area contributed by atoms with Crippen LogP contribution in [0.4, 0.5) is 0 Å². The van der Waals surface area contributed by atoms with Crippen LogP contribution in [0.5, 0.6) is 0 Å². The number of carbonyl (C=O) groups excluding carboxylic acids is 1. The van der Waals surface area contributed by atoms with Gasteiger partial charge >= 0.3 is 5.97 Å². The summed E-state index contributed by atoms with van der Waals surface area (Å²) in [5.41, 5.74) is 5.02. The lowest BCUT2D eigenvalue weighted by molar-refractivity contribution is -0.146. The van der Waals surface area contributed by atoms with Crippen LogP contribution in [0.25, 0.3) is 0 Å². The average Bonchev–Trinajstić information content (AvgIpc) is 2.36. The van der Waals surface area contributed by atoms with Gasteiger partial charge in [-0.1, -0.05) is 0 Å². The summed E-state index contributed by atoms with van der Waals surface area (Å²) < 4.78 is 4.56. The Balaban J connectivity index is 2.58. The first-order valence-corrected chi connectivity index (χ1v) is 4.29. The predicted molar refractivity (Wildman–Crippen MR) is 40.9 cm³/mol. The molecule has 3 nitrogen and oxygen atoms in total. The number of rotatable bonds is 1. The van der Waals surface area contributed by atoms with Crippen molar-refractivity contribution in [1.82, 2.24) is 0 Å². The van der Waals surface area contributed by atoms with Crippen molar-refractivity contribution >= 4 is 17.7 Å². The Labute approximate surface area is 64.3 Å². The maximum absolute atomic E-state index is 11.0. The van der Waals surface area contributed by atoms with E-state index in [0.29, 0.717) is 5.75 Å². The molecule has 1 unspecified atom stereocenters. The summed E-state index contributed by atoms with van der Waals surface area (Å²) >= 11 is 1.70. The highest BCUT2D eigenvalue weighted by molar-refractivity contribution is 7.99. The molecule has 0 bridgehead atoms. The van der Waals surface area contributed by atoms with Crippen LogP contribution in [0, 0.1) is 0 Å². The number of thioether (sulfide) groups is 1. The third-order valence-electron chi connectivity index (χ3n) is 1.64. The first-order chi connectivity index (χ1) is 4.69. The Morgan fingerprint density at radius 3 is 2.90 bits per heavy atom. The van der Waals surface area contributed by atoms with Gasteiger partial charge in [0.15, 0.2) is 0 Å². The molecule has 0 saturated carbocycles. The number of esters is 1. The average molecular weight is 161 g/mol. The van der Waals surface area contributed by atoms with E-state index >= 15 is 0 Å². The van der Waals surface area contributed by atoms with Crippen LogP contribution in [0.2, 0.25) is 0 Å². The molecule has 58 valence electrons. The van der Waals surface area contributed by atoms with Crippen LogP contribution in [0.3, 0.4) is 0 Å². The molecule has 1 atom stereocenters. The highest BCUT2D eigenvalue weighted by Crippen LogP contribution is 2.26. The fourth-order valence-corrected chi connectivity index (χ4v) is 2.22. The Hall–Kier alpha value is -0.220. The van der Waals surface area contributed by atoms with Gasteiger partial charge < -0.3 is 10.5 Å². The fraction of sp³-hybridized carbons (Fsp3) is 0.833. The molecular weight excluding hydrogens is 150 g/mol. The zero-order valence-corrected chi connectivity index (χ0v) is 6.74. The largest absolute Gasteiger partial charge is 0.468 e. The van der Waals surface area contributed by atoms with Crippen molar-refractivity contribution in [2.75, 3.05) is 18.6 Å². The lowest BCUT2D eigenvalue weighted by Crippen LogP contribution is -2.48. The summed E-state index contributed by atoms with van der Waals surface area (Å²) in [6.45, 7) is 0. The molecule has 1 fully saturated rings. The number of hydrogen-bond donors (Lipinski definition) is 1. The molecule has 10 heavy (non-hydrogen) atoms. The van der Waals surface area contributed by atoms with Crippen molar-refractivity contribution in [3.8, 4) is 0 Å². The van der Waals surface area contributed by atoms with E-state index in [-0.39, 0.29) is 5.97 Å². The van der Waals surface area contributed by atoms with Crippen molar-refractivity contribution in [2.24, 2.45) is 5.73 Å². The predicted octanol–water partition coefficient (Wildman–Crippen LogP) is -0.00620. The van der Waals surface area contributed by atoms with E-state index < -0.39 is 5.54 Å². The normalized spacial score (nSPS) is 32.2. The summed E-state index contributed by atoms with van der Waals surface area (Å²) in [5, 5.41) is 0. The molecule has 0 spiro atoms. The highest BCUT2D eigenvalue weighted by Gasteiger charge is 2.38. The summed E-state index contributed by atoms with van der Waals surface area (Å²) in [6, 6.07) is 0. The van der Waals surface area contributed by atoms with Crippen LogP contribution < -0.4 is 5.73 Å². The van der Waals surface area contributed by atoms with Gasteiger partial charge in [-0.05, 0) is 12.2 Å². The SMILES string of the molecule is COC(=O)C1(N)CCSC1. The second-order valence-electron chi connectivity index (χ2n) is 2.45. The number of ether oxygens (including phenoxy) is 1. The monoisotopic (exact) mass is 161 g/mol. The molecule has 1 saturated heterocycles. The van der Waals surface area contributed by atoms with Crippen molar-refractivity contribution in [1.29, 1.82) is 0 Å². The first-order valence-electron chi connectivity index (χ1n) is 3.14. The second-order valence-corrected chi connectivity index (χ2v) is 3.56. The summed E-state index contributed by atoms with van der Waals surface area (Å²) in [4.78, 5) is 11.0. The van der Waals surface area contributed by atoms with Crippen LogP contribution in [-0.4, -0.2) is 30.1 Å². The van der Waals surface area contributed by atoms with E-state index in [1.165, 1.54) is 7.11 Å². The Kier molecular flexibility index (Phi) is 2.21. The zero-order chi connectivity index (χ0) is 7.61. The minimum Gasteiger partial charge on any atom is -0.468 e. The van der Waals surface area contributed by atoms with Gasteiger partial charge in [-0.2, -0.15) is 11.8 Å². The van der Waals surface area contributed by atoms with E-state index in [9.17, 15) is 4.79 Å². The van der Waals surface area contributed by atoms with Crippen LogP contribution in [-0.2, 0) is 9.53 Å². The molecule has 0 aromatic heterocycles. The van der Waals surface area contributed by atoms with E-state index in [2.05, 4.69) is 4.74 Å². The smallest absolute Gasteiger partial charge is 0.326 e. The van der Waals surface area contributed by atoms with Crippen molar-refractivity contribution in [3.05, 3.63) is 0 Å². The van der Waals surface area contributed by atoms with E-state index in [1.54, 1.807) is 11.8 Å². The number of methoxy groups -OCH3 is 1. The topological polar surface area (TPSA) is 52.3 Å². The fourth-order valence-electron chi connectivity index (χ4n) is 0.945. The molecule has 0 aromatic rings. The second kappa shape index (κ2) is 2.80. The molecule has 1 aliphatic rings. The third-order valence-corrected chi connectivity index (χ3v) is 2.86. The van der Waals surface area contributed by atoms with E-state index in [4.69, 9.17) is 5.73 Å². The molecule has 2 N–H and O–H groups in total. The molecule has 0 aromatic carbocycles. The van der Waals surface area contributed by atoms with Gasteiger partial charge in [-0.3, -0.25) is 4.79 Å². The molecule has 0 aliphatic carbocycles.